The van der Waals surface area contributed by atoms with Gasteiger partial charge in [-0.05, 0) is 235 Å². The quantitative estimate of drug-likeness (QED) is 0.0394. The summed E-state index contributed by atoms with van der Waals surface area (Å²) in [6.07, 6.45) is 1.12. The molecule has 1 aliphatic heterocycles. The zero-order valence-electron chi connectivity index (χ0n) is 68.9. The van der Waals surface area contributed by atoms with Gasteiger partial charge in [-0.15, -0.1) is 0 Å². The summed E-state index contributed by atoms with van der Waals surface area (Å²) in [5, 5.41) is 11.2. The number of sulfonamides is 1. The molecule has 0 aromatic heterocycles. The first kappa shape index (κ1) is 96.2. The molecule has 9 aromatic rings. The molecule has 1 fully saturated rings. The van der Waals surface area contributed by atoms with Crippen LogP contribution >= 0.6 is 46.4 Å². The maximum Gasteiger partial charge on any atom is 0.270 e. The average Bonchev–Trinajstić information content (AvgIpc) is 0.802. The fourth-order valence-electron chi connectivity index (χ4n) is 12.1. The van der Waals surface area contributed by atoms with Crippen molar-refractivity contribution in [3.63, 3.8) is 0 Å². The van der Waals surface area contributed by atoms with Crippen LogP contribution in [0.2, 0.25) is 20.1 Å². The maximum atomic E-state index is 14.4. The molecule has 3 amide bonds. The molecule has 23 heteroatoms. The molecule has 616 valence electrons. The molecule has 0 radical (unpaired) electrons. The number of nitrogens with one attached hydrogen (secondary N) is 4. The second kappa shape index (κ2) is 43.0. The van der Waals surface area contributed by atoms with E-state index >= 15 is 0 Å². The third kappa shape index (κ3) is 31.0. The molecule has 1 saturated heterocycles. The summed E-state index contributed by atoms with van der Waals surface area (Å²) in [4.78, 5) is 41.9. The third-order valence-corrected chi connectivity index (χ3v) is 20.6. The largest absolute Gasteiger partial charge is 0.399 e. The van der Waals surface area contributed by atoms with Crippen LogP contribution in [0.1, 0.15) is 243 Å². The Morgan fingerprint density at radius 1 is 0.421 bits per heavy atom. The van der Waals surface area contributed by atoms with Crippen LogP contribution in [0.25, 0.3) is 0 Å². The van der Waals surface area contributed by atoms with E-state index in [0.717, 1.165) is 108 Å². The predicted molar refractivity (Wildman–Crippen MR) is 465 cm³/mol. The highest BCUT2D eigenvalue weighted by Crippen LogP contribution is 2.36. The Hall–Kier alpha value is -8.40. The van der Waals surface area contributed by atoms with Gasteiger partial charge in [-0.3, -0.25) is 24.0 Å². The lowest BCUT2D eigenvalue weighted by molar-refractivity contribution is 0.0151. The number of nitrogens with two attached hydrogens (primary N) is 1. The smallest absolute Gasteiger partial charge is 0.270 e. The van der Waals surface area contributed by atoms with E-state index < -0.39 is 33.7 Å². The molecule has 6 N–H and O–H groups in total. The number of benzene rings is 9. The second-order valence-corrected chi connectivity index (χ2v) is 34.2. The Kier molecular flexibility index (Phi) is 36.3. The lowest BCUT2D eigenvalue weighted by Crippen LogP contribution is -2.44. The SMILES string of the molecule is CC(C)c1cc(N)ccc1Cl.CC(C)c1cc(NC(=O)c2cccc(C(C)(F)F)c2)ccc1Cl.CC(C)c1cc(NS(C)(=O)=O)ccc1Cl.Cc1ccc(C(=O)Nc2cccc(C(C)(F)F)c2)cc1C(C)C.Cc1ccc(Cl)c(C(C)C)c1.Cc1ccc(NC(=O)c2ccc(CN3CCN(C)CC3)c(C(C)(F)F)c2)cc1C(C)C. The minimum absolute atomic E-state index is 0.0779. The Morgan fingerprint density at radius 3 is 1.25 bits per heavy atom. The Bertz CT molecular complexity index is 4780. The van der Waals surface area contributed by atoms with Gasteiger partial charge in [0.15, 0.2) is 0 Å². The summed E-state index contributed by atoms with van der Waals surface area (Å²) in [5.41, 5.74) is 19.7. The van der Waals surface area contributed by atoms with E-state index in [1.165, 1.54) is 59.7 Å². The highest BCUT2D eigenvalue weighted by molar-refractivity contribution is 7.92. The molecule has 1 heterocycles. The molecule has 1 aliphatic rings. The third-order valence-electron chi connectivity index (χ3n) is 18.6. The monoisotopic (exact) mass is 1670 g/mol. The molecule has 0 atom stereocenters. The van der Waals surface area contributed by atoms with Gasteiger partial charge in [0.2, 0.25) is 10.0 Å². The minimum atomic E-state index is -3.23. The van der Waals surface area contributed by atoms with Crippen LogP contribution in [0.3, 0.4) is 0 Å². The van der Waals surface area contributed by atoms with Crippen molar-refractivity contribution in [2.75, 3.05) is 65.9 Å². The molecule has 0 unspecified atom stereocenters. The zero-order valence-corrected chi connectivity index (χ0v) is 72.8. The van der Waals surface area contributed by atoms with Gasteiger partial charge in [0.25, 0.3) is 35.5 Å². The number of hydrogen-bond donors (Lipinski definition) is 5. The average molecular weight is 1670 g/mol. The van der Waals surface area contributed by atoms with Gasteiger partial charge in [0.05, 0.1) is 6.26 Å². The molecular weight excluding hydrogens is 1560 g/mol. The van der Waals surface area contributed by atoms with Crippen LogP contribution in [0, 0.1) is 20.8 Å². The second-order valence-electron chi connectivity index (χ2n) is 30.9. The fourth-order valence-corrected chi connectivity index (χ4v) is 14.0. The first-order valence-electron chi connectivity index (χ1n) is 37.8. The van der Waals surface area contributed by atoms with Gasteiger partial charge in [0, 0.05) is 135 Å². The molecule has 9 aromatic carbocycles. The number of alkyl halides is 6. The number of halogens is 10. The van der Waals surface area contributed by atoms with E-state index in [9.17, 15) is 49.1 Å². The summed E-state index contributed by atoms with van der Waals surface area (Å²) in [6.45, 7) is 37.5. The van der Waals surface area contributed by atoms with Crippen molar-refractivity contribution in [2.45, 2.75) is 184 Å². The van der Waals surface area contributed by atoms with Crippen molar-refractivity contribution in [3.8, 4) is 0 Å². The number of carbonyl (C=O) groups excluding carboxylic acids is 3. The summed E-state index contributed by atoms with van der Waals surface area (Å²) >= 11 is 24.0. The molecule has 0 bridgehead atoms. The summed E-state index contributed by atoms with van der Waals surface area (Å²) in [7, 11) is -1.16. The lowest BCUT2D eigenvalue weighted by Gasteiger charge is -2.33. The van der Waals surface area contributed by atoms with Gasteiger partial charge in [0.1, 0.15) is 0 Å². The number of anilines is 5. The normalized spacial score (nSPS) is 12.6. The molecular formula is C91H111Cl4F6N7O5S. The Balaban J connectivity index is 0.000000254. The first-order chi connectivity index (χ1) is 52.9. The van der Waals surface area contributed by atoms with Crippen molar-refractivity contribution < 1.29 is 49.1 Å². The summed E-state index contributed by atoms with van der Waals surface area (Å²) in [5.74, 6) is -8.00. The van der Waals surface area contributed by atoms with Crippen LogP contribution in [-0.4, -0.2) is 75.4 Å². The number of hydrogen-bond acceptors (Lipinski definition) is 8. The number of carbonyl (C=O) groups is 3. The van der Waals surface area contributed by atoms with Crippen molar-refractivity contribution in [3.05, 3.63) is 285 Å². The van der Waals surface area contributed by atoms with Crippen LogP contribution in [0.15, 0.2) is 176 Å². The number of rotatable bonds is 19. The molecule has 114 heavy (non-hydrogen) atoms. The number of amides is 3. The molecule has 0 spiro atoms. The van der Waals surface area contributed by atoms with E-state index in [-0.39, 0.29) is 51.5 Å². The number of nitrogens with zero attached hydrogens (tertiary/aromatic N) is 2. The highest BCUT2D eigenvalue weighted by atomic mass is 35.5. The summed E-state index contributed by atoms with van der Waals surface area (Å²) in [6, 6.07) is 49.2. The van der Waals surface area contributed by atoms with Gasteiger partial charge >= 0.3 is 0 Å². The van der Waals surface area contributed by atoms with Crippen molar-refractivity contribution in [2.24, 2.45) is 0 Å². The van der Waals surface area contributed by atoms with Gasteiger partial charge in [-0.1, -0.05) is 190 Å². The topological polar surface area (TPSA) is 166 Å². The van der Waals surface area contributed by atoms with Crippen LogP contribution in [0.5, 0.6) is 0 Å². The molecule has 12 nitrogen and oxygen atoms in total. The molecule has 0 saturated carbocycles. The number of nitrogen functional groups attached to an aromatic ring is 1. The van der Waals surface area contributed by atoms with Crippen molar-refractivity contribution in [1.82, 2.24) is 9.80 Å². The van der Waals surface area contributed by atoms with E-state index in [1.807, 2.05) is 102 Å². The van der Waals surface area contributed by atoms with E-state index in [1.54, 1.807) is 60.7 Å². The Morgan fingerprint density at radius 2 is 0.789 bits per heavy atom. The Labute approximate surface area is 692 Å². The predicted octanol–water partition coefficient (Wildman–Crippen LogP) is 26.2. The van der Waals surface area contributed by atoms with Crippen molar-refractivity contribution >= 4 is 103 Å². The van der Waals surface area contributed by atoms with Gasteiger partial charge in [-0.25, -0.2) is 34.8 Å². The standard InChI is InChI=1S/C25H33F2N3O.C19H21F2NO.C18H18ClF2NO.C10H14ClNO2S.C10H13Cl.C9H12ClN/c1-17(2)22-15-21(9-6-18(22)3)28-24(31)19-7-8-20(23(14-19)25(4,26)27)16-30-12-10-29(5)11-13-30;1-12(2)17-10-14(9-8-13(17)3)18(23)22-16-7-5-6-15(11-16)19(4,20)21;1-11(2)15-10-14(7-8-16(15)19)22-17(23)12-5-4-6-13(9-12)18(3,20)21;1-7(2)9-6-8(4-5-10(9)11)12-15(3,13)14;1-7(2)9-6-8(3)4-5-10(9)11;1-6(2)8-5-7(11)3-4-9(8)10/h6-9,14-15,17H,10-13,16H2,1-5H3,(H,28,31);5-12H,1-4H3,(H,22,23);4-11H,1-3H3,(H,22,23);4-7,12H,1-3H3;4-7H,1-3H3;3-6H,11H2,1-2H3. The van der Waals surface area contributed by atoms with Crippen LogP contribution < -0.4 is 26.4 Å². The van der Waals surface area contributed by atoms with Gasteiger partial charge in [-0.2, -0.15) is 0 Å². The van der Waals surface area contributed by atoms with E-state index in [4.69, 9.17) is 52.1 Å². The lowest BCUT2D eigenvalue weighted by atomic mass is 9.95. The molecule has 10 rings (SSSR count). The first-order valence-corrected chi connectivity index (χ1v) is 41.2. The van der Waals surface area contributed by atoms with E-state index in [0.29, 0.717) is 74.1 Å². The zero-order chi connectivity index (χ0) is 85.7. The maximum absolute atomic E-state index is 14.4. The van der Waals surface area contributed by atoms with Gasteiger partial charge < -0.3 is 26.6 Å². The minimum Gasteiger partial charge on any atom is -0.399 e. The fraction of sp³-hybridized carbons (Fsp3) is 0.374. The summed E-state index contributed by atoms with van der Waals surface area (Å²) < 4.78 is 107. The van der Waals surface area contributed by atoms with Crippen LogP contribution in [-0.2, 0) is 34.3 Å². The number of aryl methyl sites for hydroxylation is 3. The highest BCUT2D eigenvalue weighted by Gasteiger charge is 2.31. The van der Waals surface area contributed by atoms with Crippen LogP contribution in [0.4, 0.5) is 54.8 Å². The number of likely N-dealkylation sites (N-methyl/N-ethyl adjacent to an activating group) is 1. The number of piperazine rings is 1. The van der Waals surface area contributed by atoms with E-state index in [2.05, 4.69) is 106 Å². The van der Waals surface area contributed by atoms with Crippen molar-refractivity contribution in [1.29, 1.82) is 0 Å². The molecule has 0 aliphatic carbocycles.